The summed E-state index contributed by atoms with van der Waals surface area (Å²) in [5.74, 6) is 0.736. The van der Waals surface area contributed by atoms with Gasteiger partial charge >= 0.3 is 0 Å². The summed E-state index contributed by atoms with van der Waals surface area (Å²) in [6.07, 6.45) is 0. The normalized spacial score (nSPS) is 18.2. The maximum Gasteiger partial charge on any atom is 0.275 e. The van der Waals surface area contributed by atoms with Crippen LogP contribution >= 0.6 is 15.9 Å². The number of anilines is 1. The smallest absolute Gasteiger partial charge is 0.275 e. The van der Waals surface area contributed by atoms with Crippen molar-refractivity contribution in [3.05, 3.63) is 106 Å². The second kappa shape index (κ2) is 8.87. The van der Waals surface area contributed by atoms with E-state index in [1.54, 1.807) is 7.11 Å². The number of aliphatic imine (C=N–C) groups is 1. The maximum absolute atomic E-state index is 14.0. The zero-order chi connectivity index (χ0) is 22.9. The van der Waals surface area contributed by atoms with Crippen molar-refractivity contribution in [2.24, 2.45) is 4.99 Å². The highest BCUT2D eigenvalue weighted by atomic mass is 79.9. The number of benzene rings is 3. The highest BCUT2D eigenvalue weighted by Gasteiger charge is 2.45. The summed E-state index contributed by atoms with van der Waals surface area (Å²) in [6, 6.07) is 25.7. The molecule has 0 aromatic heterocycles. The van der Waals surface area contributed by atoms with E-state index in [1.807, 2.05) is 71.4 Å². The summed E-state index contributed by atoms with van der Waals surface area (Å²) in [5, 5.41) is 0. The van der Waals surface area contributed by atoms with Gasteiger partial charge in [0.05, 0.1) is 25.4 Å². The molecular weight excluding hydrogens is 478 g/mol. The maximum atomic E-state index is 14.0. The topological polar surface area (TPSA) is 45.1 Å². The monoisotopic (exact) mass is 501 g/mol. The lowest BCUT2D eigenvalue weighted by Crippen LogP contribution is -2.34. The molecule has 0 fully saturated rings. The third-order valence-electron chi connectivity index (χ3n) is 6.13. The van der Waals surface area contributed by atoms with Gasteiger partial charge in [0.2, 0.25) is 0 Å². The van der Waals surface area contributed by atoms with Gasteiger partial charge in [-0.3, -0.25) is 14.7 Å². The molecule has 3 aromatic carbocycles. The van der Waals surface area contributed by atoms with E-state index >= 15 is 0 Å². The van der Waals surface area contributed by atoms with E-state index in [0.717, 1.165) is 38.3 Å². The Labute approximate surface area is 202 Å². The van der Waals surface area contributed by atoms with Gasteiger partial charge in [0.25, 0.3) is 5.91 Å². The zero-order valence-corrected chi connectivity index (χ0v) is 20.1. The molecular formula is C27H24BrN3O2. The molecule has 0 N–H and O–H groups in total. The average Bonchev–Trinajstić information content (AvgIpc) is 3.03. The Balaban J connectivity index is 1.73. The first-order valence-corrected chi connectivity index (χ1v) is 11.7. The summed E-state index contributed by atoms with van der Waals surface area (Å²) in [7, 11) is 3.62. The molecule has 2 aliphatic rings. The van der Waals surface area contributed by atoms with E-state index in [4.69, 9.17) is 9.73 Å². The van der Waals surface area contributed by atoms with Crippen molar-refractivity contribution < 1.29 is 9.53 Å². The summed E-state index contributed by atoms with van der Waals surface area (Å²) < 4.78 is 6.34. The molecule has 0 aliphatic carbocycles. The van der Waals surface area contributed by atoms with Crippen molar-refractivity contribution in [2.45, 2.75) is 6.04 Å². The quantitative estimate of drug-likeness (QED) is 0.491. The van der Waals surface area contributed by atoms with Crippen molar-refractivity contribution >= 4 is 33.2 Å². The van der Waals surface area contributed by atoms with Crippen LogP contribution in [0.3, 0.4) is 0 Å². The van der Waals surface area contributed by atoms with Crippen molar-refractivity contribution in [1.82, 2.24) is 4.90 Å². The summed E-state index contributed by atoms with van der Waals surface area (Å²) in [5.41, 5.74) is 5.41. The molecule has 1 amide bonds. The first kappa shape index (κ1) is 21.5. The Morgan fingerprint density at radius 3 is 2.33 bits per heavy atom. The van der Waals surface area contributed by atoms with Crippen LogP contribution in [0.25, 0.3) is 0 Å². The highest BCUT2D eigenvalue weighted by Crippen LogP contribution is 2.44. The Kier molecular flexibility index (Phi) is 5.77. The Morgan fingerprint density at radius 2 is 1.67 bits per heavy atom. The number of nitrogens with zero attached hydrogens (tertiary/aromatic N) is 3. The molecule has 2 aliphatic heterocycles. The van der Waals surface area contributed by atoms with Gasteiger partial charge in [-0.05, 0) is 42.0 Å². The number of hydrogen-bond donors (Lipinski definition) is 0. The van der Waals surface area contributed by atoms with Gasteiger partial charge in [0.1, 0.15) is 11.4 Å². The van der Waals surface area contributed by atoms with Crippen LogP contribution < -0.4 is 9.64 Å². The number of rotatable bonds is 4. The Hall–Kier alpha value is -3.38. The fourth-order valence-electron chi connectivity index (χ4n) is 4.54. The largest absolute Gasteiger partial charge is 0.497 e. The summed E-state index contributed by atoms with van der Waals surface area (Å²) in [6.45, 7) is 1.32. The molecule has 6 heteroatoms. The molecule has 1 atom stereocenters. The van der Waals surface area contributed by atoms with Gasteiger partial charge in [-0.2, -0.15) is 0 Å². The van der Waals surface area contributed by atoms with Gasteiger partial charge in [0, 0.05) is 34.9 Å². The van der Waals surface area contributed by atoms with E-state index in [2.05, 4.69) is 40.2 Å². The molecule has 166 valence electrons. The number of hydrogen-bond acceptors (Lipinski definition) is 4. The lowest BCUT2D eigenvalue weighted by molar-refractivity contribution is -0.116. The first-order chi connectivity index (χ1) is 16.1. The fraction of sp³-hybridized carbons (Fsp3) is 0.185. The van der Waals surface area contributed by atoms with Crippen LogP contribution in [0.2, 0.25) is 0 Å². The SMILES string of the molecule is COc1ccc(N2C(=O)C3=C(C(c4ccccc4)=NCCN3C)C2c2ccc(Br)cc2)cc1. The van der Waals surface area contributed by atoms with Crippen LogP contribution in [0.5, 0.6) is 5.75 Å². The van der Waals surface area contributed by atoms with Gasteiger partial charge in [-0.25, -0.2) is 0 Å². The van der Waals surface area contributed by atoms with Crippen molar-refractivity contribution in [3.8, 4) is 5.75 Å². The minimum Gasteiger partial charge on any atom is -0.497 e. The molecule has 5 rings (SSSR count). The number of carbonyl (C=O) groups is 1. The van der Waals surface area contributed by atoms with Gasteiger partial charge in [-0.1, -0.05) is 58.4 Å². The van der Waals surface area contributed by atoms with Gasteiger partial charge < -0.3 is 9.64 Å². The summed E-state index contributed by atoms with van der Waals surface area (Å²) in [4.78, 5) is 22.9. The molecule has 1 unspecified atom stereocenters. The number of ether oxygens (including phenoxy) is 1. The third-order valence-corrected chi connectivity index (χ3v) is 6.66. The fourth-order valence-corrected chi connectivity index (χ4v) is 4.80. The standard InChI is InChI=1S/C27H24BrN3O2/c1-30-17-16-29-24(18-6-4-3-5-7-18)23-25(19-8-10-20(28)11-9-19)31(27(32)26(23)30)21-12-14-22(33-2)15-13-21/h3-15,25H,16-17H2,1-2H3. The van der Waals surface area contributed by atoms with Crippen LogP contribution in [-0.4, -0.2) is 43.8 Å². The third kappa shape index (κ3) is 3.85. The second-order valence-corrected chi connectivity index (χ2v) is 9.02. The van der Waals surface area contributed by atoms with E-state index in [-0.39, 0.29) is 11.9 Å². The molecule has 0 bridgehead atoms. The Morgan fingerprint density at radius 1 is 0.970 bits per heavy atom. The van der Waals surface area contributed by atoms with Crippen LogP contribution in [-0.2, 0) is 4.79 Å². The molecule has 0 spiro atoms. The van der Waals surface area contributed by atoms with Gasteiger partial charge in [-0.15, -0.1) is 0 Å². The lowest BCUT2D eigenvalue weighted by Gasteiger charge is -2.28. The summed E-state index contributed by atoms with van der Waals surface area (Å²) >= 11 is 3.54. The Bertz CT molecular complexity index is 1230. The minimum absolute atomic E-state index is 0.0175. The average molecular weight is 502 g/mol. The molecule has 2 heterocycles. The van der Waals surface area contributed by atoms with Crippen LogP contribution in [0.15, 0.2) is 99.6 Å². The number of methoxy groups -OCH3 is 1. The van der Waals surface area contributed by atoms with Crippen molar-refractivity contribution in [3.63, 3.8) is 0 Å². The highest BCUT2D eigenvalue weighted by molar-refractivity contribution is 9.10. The first-order valence-electron chi connectivity index (χ1n) is 10.9. The van der Waals surface area contributed by atoms with E-state index in [1.165, 1.54) is 0 Å². The van der Waals surface area contributed by atoms with Crippen LogP contribution in [0.1, 0.15) is 17.2 Å². The lowest BCUT2D eigenvalue weighted by atomic mass is 9.91. The predicted octanol–water partition coefficient (Wildman–Crippen LogP) is 5.23. The molecule has 0 radical (unpaired) electrons. The van der Waals surface area contributed by atoms with Crippen molar-refractivity contribution in [2.75, 3.05) is 32.1 Å². The van der Waals surface area contributed by atoms with E-state index in [0.29, 0.717) is 18.8 Å². The molecule has 0 saturated heterocycles. The number of likely N-dealkylation sites (N-methyl/N-ethyl adjacent to an activating group) is 1. The van der Waals surface area contributed by atoms with Gasteiger partial charge in [0.15, 0.2) is 0 Å². The zero-order valence-electron chi connectivity index (χ0n) is 18.5. The van der Waals surface area contributed by atoms with E-state index < -0.39 is 0 Å². The molecule has 33 heavy (non-hydrogen) atoms. The van der Waals surface area contributed by atoms with Crippen LogP contribution in [0.4, 0.5) is 5.69 Å². The van der Waals surface area contributed by atoms with E-state index in [9.17, 15) is 4.79 Å². The molecule has 5 nitrogen and oxygen atoms in total. The second-order valence-electron chi connectivity index (χ2n) is 8.11. The number of halogens is 1. The predicted molar refractivity (Wildman–Crippen MR) is 135 cm³/mol. The molecule has 3 aromatic rings. The van der Waals surface area contributed by atoms with Crippen molar-refractivity contribution in [1.29, 1.82) is 0 Å². The number of carbonyl (C=O) groups excluding carboxylic acids is 1. The van der Waals surface area contributed by atoms with Crippen LogP contribution in [0, 0.1) is 0 Å². The number of amides is 1. The minimum atomic E-state index is -0.298. The molecule has 0 saturated carbocycles.